The van der Waals surface area contributed by atoms with Crippen LogP contribution >= 0.6 is 0 Å². The van der Waals surface area contributed by atoms with E-state index in [9.17, 15) is 9.59 Å². The van der Waals surface area contributed by atoms with Crippen molar-refractivity contribution in [3.63, 3.8) is 0 Å². The monoisotopic (exact) mass is 421 g/mol. The first-order valence-electron chi connectivity index (χ1n) is 11.2. The predicted molar refractivity (Wildman–Crippen MR) is 123 cm³/mol. The van der Waals surface area contributed by atoms with Gasteiger partial charge in [-0.3, -0.25) is 4.79 Å². The number of carbonyl (C=O) groups excluding carboxylic acids is 2. The Morgan fingerprint density at radius 2 is 1.84 bits per heavy atom. The van der Waals surface area contributed by atoms with Crippen LogP contribution < -0.4 is 15.5 Å². The Hall–Kier alpha value is -3.09. The maximum atomic E-state index is 13.3. The van der Waals surface area contributed by atoms with E-state index >= 15 is 0 Å². The SMILES string of the molecule is Cc1ccc(NC(=O)NCC2CCCN(C(=O)c3cccnc3N3CCCC3)C2)cc1. The van der Waals surface area contributed by atoms with Gasteiger partial charge in [-0.2, -0.15) is 0 Å². The molecule has 1 aromatic carbocycles. The van der Waals surface area contributed by atoms with Gasteiger partial charge in [0.2, 0.25) is 0 Å². The number of nitrogens with zero attached hydrogens (tertiary/aromatic N) is 3. The predicted octanol–water partition coefficient (Wildman–Crippen LogP) is 3.66. The molecule has 2 aliphatic heterocycles. The van der Waals surface area contributed by atoms with Gasteiger partial charge in [-0.1, -0.05) is 17.7 Å². The molecule has 0 saturated carbocycles. The van der Waals surface area contributed by atoms with E-state index in [0.717, 1.165) is 62.4 Å². The number of aryl methyl sites for hydroxylation is 1. The summed E-state index contributed by atoms with van der Waals surface area (Å²) in [5.74, 6) is 1.10. The summed E-state index contributed by atoms with van der Waals surface area (Å²) in [5, 5.41) is 5.83. The topological polar surface area (TPSA) is 77.6 Å². The van der Waals surface area contributed by atoms with Crippen LogP contribution in [0.3, 0.4) is 0 Å². The first-order chi connectivity index (χ1) is 15.1. The van der Waals surface area contributed by atoms with Gasteiger partial charge in [-0.15, -0.1) is 0 Å². The zero-order chi connectivity index (χ0) is 21.6. The lowest BCUT2D eigenvalue weighted by atomic mass is 9.97. The normalized spacial score (nSPS) is 18.7. The van der Waals surface area contributed by atoms with Gasteiger partial charge < -0.3 is 20.4 Å². The van der Waals surface area contributed by atoms with E-state index in [1.54, 1.807) is 6.20 Å². The number of pyridine rings is 1. The van der Waals surface area contributed by atoms with Crippen molar-refractivity contribution in [1.82, 2.24) is 15.2 Å². The molecule has 7 nitrogen and oxygen atoms in total. The van der Waals surface area contributed by atoms with Crippen molar-refractivity contribution < 1.29 is 9.59 Å². The highest BCUT2D eigenvalue weighted by atomic mass is 16.2. The number of piperidine rings is 1. The number of anilines is 2. The number of benzene rings is 1. The molecule has 2 saturated heterocycles. The molecule has 4 rings (SSSR count). The van der Waals surface area contributed by atoms with E-state index in [-0.39, 0.29) is 17.9 Å². The van der Waals surface area contributed by atoms with E-state index in [0.29, 0.717) is 18.7 Å². The maximum absolute atomic E-state index is 13.3. The summed E-state index contributed by atoms with van der Waals surface area (Å²) in [6.45, 7) is 5.88. The lowest BCUT2D eigenvalue weighted by Crippen LogP contribution is -2.44. The van der Waals surface area contributed by atoms with E-state index in [4.69, 9.17) is 0 Å². The molecule has 164 valence electrons. The van der Waals surface area contributed by atoms with Crippen LogP contribution in [0, 0.1) is 12.8 Å². The molecule has 7 heteroatoms. The van der Waals surface area contributed by atoms with Crippen LogP contribution in [0.2, 0.25) is 0 Å². The summed E-state index contributed by atoms with van der Waals surface area (Å²) in [4.78, 5) is 34.2. The van der Waals surface area contributed by atoms with Gasteiger partial charge in [0, 0.05) is 44.6 Å². The van der Waals surface area contributed by atoms with Gasteiger partial charge >= 0.3 is 6.03 Å². The van der Waals surface area contributed by atoms with Crippen molar-refractivity contribution in [3.8, 4) is 0 Å². The zero-order valence-corrected chi connectivity index (χ0v) is 18.1. The van der Waals surface area contributed by atoms with E-state index in [2.05, 4.69) is 20.5 Å². The summed E-state index contributed by atoms with van der Waals surface area (Å²) < 4.78 is 0. The molecule has 2 aromatic rings. The second-order valence-electron chi connectivity index (χ2n) is 8.53. The van der Waals surface area contributed by atoms with Crippen LogP contribution in [0.15, 0.2) is 42.6 Å². The molecule has 0 radical (unpaired) electrons. The van der Waals surface area contributed by atoms with Gasteiger partial charge in [0.25, 0.3) is 5.91 Å². The van der Waals surface area contributed by atoms with Crippen LogP contribution in [0.25, 0.3) is 0 Å². The van der Waals surface area contributed by atoms with Crippen molar-refractivity contribution in [2.45, 2.75) is 32.6 Å². The molecule has 3 heterocycles. The minimum Gasteiger partial charge on any atom is -0.356 e. The van der Waals surface area contributed by atoms with Gasteiger partial charge in [0.1, 0.15) is 5.82 Å². The molecule has 1 unspecified atom stereocenters. The number of hydrogen-bond donors (Lipinski definition) is 2. The third-order valence-corrected chi connectivity index (χ3v) is 6.09. The number of rotatable bonds is 5. The van der Waals surface area contributed by atoms with Gasteiger partial charge in [-0.05, 0) is 62.8 Å². The minimum absolute atomic E-state index is 0.0452. The second kappa shape index (κ2) is 9.81. The fraction of sp³-hybridized carbons (Fsp3) is 0.458. The quantitative estimate of drug-likeness (QED) is 0.772. The highest BCUT2D eigenvalue weighted by Crippen LogP contribution is 2.25. The number of amides is 3. The lowest BCUT2D eigenvalue weighted by Gasteiger charge is -2.33. The van der Waals surface area contributed by atoms with Crippen LogP contribution in [-0.2, 0) is 0 Å². The minimum atomic E-state index is -0.212. The molecule has 2 N–H and O–H groups in total. The Labute approximate surface area is 183 Å². The van der Waals surface area contributed by atoms with E-state index in [1.807, 2.05) is 48.2 Å². The third-order valence-electron chi connectivity index (χ3n) is 6.09. The first kappa shape index (κ1) is 21.2. The highest BCUT2D eigenvalue weighted by Gasteiger charge is 2.28. The Bertz CT molecular complexity index is 908. The van der Waals surface area contributed by atoms with E-state index < -0.39 is 0 Å². The van der Waals surface area contributed by atoms with Crippen molar-refractivity contribution in [2.75, 3.05) is 42.9 Å². The highest BCUT2D eigenvalue weighted by molar-refractivity contribution is 5.99. The molecule has 31 heavy (non-hydrogen) atoms. The molecule has 3 amide bonds. The Morgan fingerprint density at radius 3 is 2.61 bits per heavy atom. The number of likely N-dealkylation sites (tertiary alicyclic amines) is 1. The number of aromatic nitrogens is 1. The largest absolute Gasteiger partial charge is 0.356 e. The molecule has 0 aliphatic carbocycles. The van der Waals surface area contributed by atoms with Gasteiger partial charge in [-0.25, -0.2) is 9.78 Å². The lowest BCUT2D eigenvalue weighted by molar-refractivity contribution is 0.0675. The maximum Gasteiger partial charge on any atom is 0.319 e. The molecule has 1 atom stereocenters. The van der Waals surface area contributed by atoms with Crippen molar-refractivity contribution in [2.24, 2.45) is 5.92 Å². The fourth-order valence-corrected chi connectivity index (χ4v) is 4.38. The number of urea groups is 1. The second-order valence-corrected chi connectivity index (χ2v) is 8.53. The average molecular weight is 422 g/mol. The molecule has 2 aliphatic rings. The molecule has 2 fully saturated rings. The van der Waals surface area contributed by atoms with Crippen molar-refractivity contribution >= 4 is 23.4 Å². The summed E-state index contributed by atoms with van der Waals surface area (Å²) in [5.41, 5.74) is 2.61. The number of nitrogens with one attached hydrogen (secondary N) is 2. The summed E-state index contributed by atoms with van der Waals surface area (Å²) in [6.07, 6.45) is 6.00. The summed E-state index contributed by atoms with van der Waals surface area (Å²) >= 11 is 0. The molecular weight excluding hydrogens is 390 g/mol. The molecule has 0 spiro atoms. The Morgan fingerprint density at radius 1 is 1.06 bits per heavy atom. The summed E-state index contributed by atoms with van der Waals surface area (Å²) in [6, 6.07) is 11.2. The van der Waals surface area contributed by atoms with Crippen LogP contribution in [0.5, 0.6) is 0 Å². The average Bonchev–Trinajstić information content (AvgIpc) is 3.34. The molecular formula is C24H31N5O2. The van der Waals surface area contributed by atoms with Crippen molar-refractivity contribution in [3.05, 3.63) is 53.7 Å². The van der Waals surface area contributed by atoms with Gasteiger partial charge in [0.15, 0.2) is 0 Å². The first-order valence-corrected chi connectivity index (χ1v) is 11.2. The fourth-order valence-electron chi connectivity index (χ4n) is 4.38. The van der Waals surface area contributed by atoms with Crippen molar-refractivity contribution in [1.29, 1.82) is 0 Å². The van der Waals surface area contributed by atoms with Crippen LogP contribution in [-0.4, -0.2) is 54.5 Å². The smallest absolute Gasteiger partial charge is 0.319 e. The number of carbonyl (C=O) groups is 2. The summed E-state index contributed by atoms with van der Waals surface area (Å²) in [7, 11) is 0. The molecule has 0 bridgehead atoms. The zero-order valence-electron chi connectivity index (χ0n) is 18.1. The van der Waals surface area contributed by atoms with Gasteiger partial charge in [0.05, 0.1) is 5.56 Å². The van der Waals surface area contributed by atoms with Crippen LogP contribution in [0.1, 0.15) is 41.6 Å². The number of hydrogen-bond acceptors (Lipinski definition) is 4. The third kappa shape index (κ3) is 5.34. The Kier molecular flexibility index (Phi) is 6.70. The van der Waals surface area contributed by atoms with Crippen LogP contribution in [0.4, 0.5) is 16.3 Å². The Balaban J connectivity index is 1.33. The standard InChI is InChI=1S/C24H31N5O2/c1-18-8-10-20(11-9-18)27-24(31)26-16-19-6-5-15-29(17-19)23(30)21-7-4-12-25-22(21)28-13-2-3-14-28/h4,7-12,19H,2-3,5-6,13-17H2,1H3,(H2,26,27,31). The van der Waals surface area contributed by atoms with E-state index in [1.165, 1.54) is 0 Å². The molecule has 1 aromatic heterocycles.